The smallest absolute Gasteiger partial charge is 0.270 e. The van der Waals surface area contributed by atoms with Crippen LogP contribution < -0.4 is 4.72 Å². The Morgan fingerprint density at radius 3 is 2.71 bits per heavy atom. The molecule has 10 heteroatoms. The molecule has 1 fully saturated rings. The van der Waals surface area contributed by atoms with Crippen molar-refractivity contribution in [1.82, 2.24) is 15.3 Å². The Balaban J connectivity index is 1.67. The average Bonchev–Trinajstić information content (AvgIpc) is 2.92. The third-order valence-electron chi connectivity index (χ3n) is 3.72. The zero-order valence-corrected chi connectivity index (χ0v) is 14.6. The summed E-state index contributed by atoms with van der Waals surface area (Å²) in [7, 11) is -3.82. The van der Waals surface area contributed by atoms with Gasteiger partial charge in [-0.3, -0.25) is 4.72 Å². The van der Waals surface area contributed by atoms with Crippen LogP contribution in [0.15, 0.2) is 25.4 Å². The lowest BCUT2D eigenvalue weighted by Gasteiger charge is -2.06. The molecule has 0 saturated heterocycles. The molecule has 0 bridgehead atoms. The number of aromatic nitrogens is 3. The minimum atomic E-state index is -3.82. The summed E-state index contributed by atoms with van der Waals surface area (Å²) in [5.41, 5.74) is 0.705. The molecule has 0 amide bonds. The molecule has 3 heterocycles. The minimum Gasteiger partial charge on any atom is -0.360 e. The molecule has 0 radical (unpaired) electrons. The molecular weight excluding hydrogens is 352 g/mol. The number of rotatable bonds is 5. The van der Waals surface area contributed by atoms with Gasteiger partial charge in [-0.25, -0.2) is 8.42 Å². The van der Waals surface area contributed by atoms with Gasteiger partial charge in [-0.05, 0) is 38.1 Å². The van der Waals surface area contributed by atoms with E-state index in [1.54, 1.807) is 25.3 Å². The first-order chi connectivity index (χ1) is 11.5. The van der Waals surface area contributed by atoms with E-state index in [0.29, 0.717) is 33.9 Å². The number of aryl methyl sites for hydroxylation is 2. The van der Waals surface area contributed by atoms with Gasteiger partial charge in [0.15, 0.2) is 16.5 Å². The van der Waals surface area contributed by atoms with Crippen LogP contribution in [0.1, 0.15) is 36.0 Å². The quantitative estimate of drug-likeness (QED) is 0.738. The standard InChI is InChI=1S/C14H14N4O4S2/c1-7-12(8(2)21-16-7)24(19,20)18-10-5-6-23-11(10)14-15-13(17-22-14)9-3-4-9/h5-6,9,18H,3-4H2,1-2H3. The Morgan fingerprint density at radius 2 is 2.04 bits per heavy atom. The molecule has 0 unspecified atom stereocenters. The van der Waals surface area contributed by atoms with Crippen molar-refractivity contribution >= 4 is 27.0 Å². The van der Waals surface area contributed by atoms with Crippen molar-refractivity contribution in [2.75, 3.05) is 4.72 Å². The Kier molecular flexibility index (Phi) is 3.46. The van der Waals surface area contributed by atoms with Crippen LogP contribution in [0.25, 0.3) is 10.8 Å². The second-order valence-electron chi connectivity index (χ2n) is 5.65. The van der Waals surface area contributed by atoms with Gasteiger partial charge in [0.25, 0.3) is 15.9 Å². The van der Waals surface area contributed by atoms with E-state index in [4.69, 9.17) is 9.05 Å². The largest absolute Gasteiger partial charge is 0.360 e. The van der Waals surface area contributed by atoms with Gasteiger partial charge < -0.3 is 9.05 Å². The number of nitrogens with zero attached hydrogens (tertiary/aromatic N) is 3. The zero-order chi connectivity index (χ0) is 16.9. The normalized spacial score (nSPS) is 14.9. The third kappa shape index (κ3) is 2.61. The van der Waals surface area contributed by atoms with Gasteiger partial charge in [0.1, 0.15) is 10.6 Å². The predicted octanol–water partition coefficient (Wildman–Crippen LogP) is 3.08. The fourth-order valence-electron chi connectivity index (χ4n) is 2.44. The van der Waals surface area contributed by atoms with Crippen LogP contribution in [0, 0.1) is 13.8 Å². The highest BCUT2D eigenvalue weighted by Gasteiger charge is 2.30. The molecule has 1 aliphatic carbocycles. The second kappa shape index (κ2) is 5.42. The molecule has 1 N–H and O–H groups in total. The zero-order valence-electron chi connectivity index (χ0n) is 12.9. The number of thiophene rings is 1. The molecule has 3 aromatic rings. The number of hydrogen-bond donors (Lipinski definition) is 1. The lowest BCUT2D eigenvalue weighted by atomic mass is 10.4. The van der Waals surface area contributed by atoms with E-state index in [0.717, 1.165) is 12.8 Å². The SMILES string of the molecule is Cc1noc(C)c1S(=O)(=O)Nc1ccsc1-c1nc(C2CC2)no1. The number of nitrogens with one attached hydrogen (secondary N) is 1. The summed E-state index contributed by atoms with van der Waals surface area (Å²) >= 11 is 1.33. The van der Waals surface area contributed by atoms with Crippen LogP contribution in [0.4, 0.5) is 5.69 Å². The molecule has 0 atom stereocenters. The van der Waals surface area contributed by atoms with E-state index in [2.05, 4.69) is 20.0 Å². The maximum Gasteiger partial charge on any atom is 0.270 e. The fraction of sp³-hybridized carbons (Fsp3) is 0.357. The summed E-state index contributed by atoms with van der Waals surface area (Å²) in [6.45, 7) is 3.14. The molecule has 1 saturated carbocycles. The van der Waals surface area contributed by atoms with E-state index >= 15 is 0 Å². The monoisotopic (exact) mass is 366 g/mol. The van der Waals surface area contributed by atoms with Crippen LogP contribution in [-0.2, 0) is 10.0 Å². The van der Waals surface area contributed by atoms with Gasteiger partial charge in [-0.1, -0.05) is 10.3 Å². The maximum atomic E-state index is 12.6. The van der Waals surface area contributed by atoms with Gasteiger partial charge in [-0.15, -0.1) is 11.3 Å². The summed E-state index contributed by atoms with van der Waals surface area (Å²) in [4.78, 5) is 5.00. The molecule has 126 valence electrons. The van der Waals surface area contributed by atoms with Crippen molar-refractivity contribution in [3.8, 4) is 10.8 Å². The van der Waals surface area contributed by atoms with E-state index in [1.807, 2.05) is 0 Å². The van der Waals surface area contributed by atoms with Gasteiger partial charge >= 0.3 is 0 Å². The van der Waals surface area contributed by atoms with Gasteiger partial charge in [0.2, 0.25) is 0 Å². The summed E-state index contributed by atoms with van der Waals surface area (Å²) in [6.07, 6.45) is 2.13. The van der Waals surface area contributed by atoms with E-state index in [1.165, 1.54) is 11.3 Å². The first kappa shape index (κ1) is 15.3. The Morgan fingerprint density at radius 1 is 1.25 bits per heavy atom. The summed E-state index contributed by atoms with van der Waals surface area (Å²) in [5, 5.41) is 9.42. The second-order valence-corrected chi connectivity index (χ2v) is 8.19. The van der Waals surface area contributed by atoms with Crippen molar-refractivity contribution in [2.24, 2.45) is 0 Å². The molecule has 24 heavy (non-hydrogen) atoms. The predicted molar refractivity (Wildman–Crippen MR) is 86.4 cm³/mol. The van der Waals surface area contributed by atoms with Crippen molar-refractivity contribution < 1.29 is 17.5 Å². The molecule has 3 aromatic heterocycles. The third-order valence-corrected chi connectivity index (χ3v) is 6.24. The summed E-state index contributed by atoms with van der Waals surface area (Å²) < 4.78 is 38.1. The van der Waals surface area contributed by atoms with E-state index in [-0.39, 0.29) is 10.7 Å². The minimum absolute atomic E-state index is 0.0452. The van der Waals surface area contributed by atoms with Crippen molar-refractivity contribution in [1.29, 1.82) is 0 Å². The van der Waals surface area contributed by atoms with Crippen molar-refractivity contribution in [2.45, 2.75) is 37.5 Å². The Bertz CT molecular complexity index is 978. The number of hydrogen-bond acceptors (Lipinski definition) is 8. The van der Waals surface area contributed by atoms with Crippen molar-refractivity contribution in [3.05, 3.63) is 28.7 Å². The highest BCUT2D eigenvalue weighted by atomic mass is 32.2. The molecule has 0 spiro atoms. The molecule has 0 aliphatic heterocycles. The van der Waals surface area contributed by atoms with Crippen LogP contribution >= 0.6 is 11.3 Å². The van der Waals surface area contributed by atoms with Crippen molar-refractivity contribution in [3.63, 3.8) is 0 Å². The van der Waals surface area contributed by atoms with Crippen LogP contribution in [0.2, 0.25) is 0 Å². The van der Waals surface area contributed by atoms with Gasteiger partial charge in [0, 0.05) is 5.92 Å². The number of anilines is 1. The molecule has 0 aromatic carbocycles. The first-order valence-electron chi connectivity index (χ1n) is 7.33. The summed E-state index contributed by atoms with van der Waals surface area (Å²) in [6, 6.07) is 1.66. The highest BCUT2D eigenvalue weighted by molar-refractivity contribution is 7.92. The van der Waals surface area contributed by atoms with Crippen LogP contribution in [0.3, 0.4) is 0 Å². The van der Waals surface area contributed by atoms with Crippen LogP contribution in [0.5, 0.6) is 0 Å². The Labute approximate surface area is 141 Å². The Hall–Kier alpha value is -2.20. The topological polar surface area (TPSA) is 111 Å². The average molecular weight is 366 g/mol. The maximum absolute atomic E-state index is 12.6. The van der Waals surface area contributed by atoms with E-state index < -0.39 is 10.0 Å². The highest BCUT2D eigenvalue weighted by Crippen LogP contribution is 2.40. The van der Waals surface area contributed by atoms with Gasteiger partial charge in [0.05, 0.1) is 5.69 Å². The molecule has 8 nitrogen and oxygen atoms in total. The first-order valence-corrected chi connectivity index (χ1v) is 9.69. The lowest BCUT2D eigenvalue weighted by Crippen LogP contribution is -2.14. The molecular formula is C14H14N4O4S2. The van der Waals surface area contributed by atoms with Crippen LogP contribution in [-0.4, -0.2) is 23.7 Å². The lowest BCUT2D eigenvalue weighted by molar-refractivity contribution is 0.390. The van der Waals surface area contributed by atoms with Gasteiger partial charge in [-0.2, -0.15) is 4.98 Å². The fourth-order valence-corrected chi connectivity index (χ4v) is 4.68. The molecule has 4 rings (SSSR count). The molecule has 1 aliphatic rings. The van der Waals surface area contributed by atoms with E-state index in [9.17, 15) is 8.42 Å². The number of sulfonamides is 1. The summed E-state index contributed by atoms with van der Waals surface area (Å²) in [5.74, 6) is 1.61.